The lowest BCUT2D eigenvalue weighted by atomic mass is 9.84. The van der Waals surface area contributed by atoms with Gasteiger partial charge in [0.2, 0.25) is 5.91 Å². The van der Waals surface area contributed by atoms with Crippen LogP contribution in [0.15, 0.2) is 35.7 Å². The van der Waals surface area contributed by atoms with E-state index in [2.05, 4.69) is 22.1 Å². The number of thiophene rings is 1. The molecule has 7 nitrogen and oxygen atoms in total. The fourth-order valence-corrected chi connectivity index (χ4v) is 4.72. The molecule has 1 saturated carbocycles. The molecule has 1 aliphatic carbocycles. The van der Waals surface area contributed by atoms with E-state index in [1.54, 1.807) is 18.3 Å². The molecule has 1 aliphatic rings. The van der Waals surface area contributed by atoms with E-state index in [-0.39, 0.29) is 23.6 Å². The van der Waals surface area contributed by atoms with Crippen molar-refractivity contribution in [3.05, 3.63) is 61.8 Å². The van der Waals surface area contributed by atoms with Gasteiger partial charge in [0.1, 0.15) is 0 Å². The normalized spacial score (nSPS) is 15.2. The molecule has 1 aromatic carbocycles. The van der Waals surface area contributed by atoms with Crippen LogP contribution in [0.2, 0.25) is 0 Å². The molecule has 0 aliphatic heterocycles. The number of nitrogens with zero attached hydrogens (tertiary/aromatic N) is 1. The highest BCUT2D eigenvalue weighted by Gasteiger charge is 2.36. The van der Waals surface area contributed by atoms with E-state index in [0.29, 0.717) is 17.7 Å². The van der Waals surface area contributed by atoms with E-state index >= 15 is 0 Å². The monoisotopic (exact) mass is 401 g/mol. The lowest BCUT2D eigenvalue weighted by Crippen LogP contribution is -2.43. The topological polar surface area (TPSA) is 101 Å². The maximum absolute atomic E-state index is 12.2. The maximum Gasteiger partial charge on any atom is 0.272 e. The van der Waals surface area contributed by atoms with Crippen LogP contribution in [0.3, 0.4) is 0 Å². The number of aryl methyl sites for hydroxylation is 1. The van der Waals surface area contributed by atoms with Gasteiger partial charge in [0.25, 0.3) is 11.6 Å². The summed E-state index contributed by atoms with van der Waals surface area (Å²) in [6.45, 7) is 2.02. The predicted molar refractivity (Wildman–Crippen MR) is 108 cm³/mol. The Morgan fingerprint density at radius 3 is 2.57 bits per heavy atom. The fourth-order valence-electron chi connectivity index (χ4n) is 3.74. The van der Waals surface area contributed by atoms with Crippen LogP contribution >= 0.6 is 11.3 Å². The largest absolute Gasteiger partial charge is 0.354 e. The zero-order chi connectivity index (χ0) is 20.1. The summed E-state index contributed by atoms with van der Waals surface area (Å²) in [7, 11) is 0. The molecule has 0 spiro atoms. The quantitative estimate of drug-likeness (QED) is 0.549. The van der Waals surface area contributed by atoms with Crippen LogP contribution in [0.1, 0.15) is 46.5 Å². The number of amides is 2. The van der Waals surface area contributed by atoms with E-state index in [9.17, 15) is 19.7 Å². The lowest BCUT2D eigenvalue weighted by Gasteiger charge is -2.28. The molecule has 8 heteroatoms. The molecule has 28 heavy (non-hydrogen) atoms. The van der Waals surface area contributed by atoms with Gasteiger partial charge in [0.15, 0.2) is 0 Å². The van der Waals surface area contributed by atoms with Crippen molar-refractivity contribution in [1.82, 2.24) is 10.6 Å². The molecule has 0 radical (unpaired) electrons. The van der Waals surface area contributed by atoms with Crippen molar-refractivity contribution < 1.29 is 14.5 Å². The number of hydrogen-bond acceptors (Lipinski definition) is 5. The Balaban J connectivity index is 1.53. The van der Waals surface area contributed by atoms with Gasteiger partial charge in [-0.3, -0.25) is 19.7 Å². The summed E-state index contributed by atoms with van der Waals surface area (Å²) >= 11 is 1.72. The van der Waals surface area contributed by atoms with Crippen LogP contribution < -0.4 is 10.6 Å². The Bertz CT molecular complexity index is 874. The Morgan fingerprint density at radius 2 is 1.96 bits per heavy atom. The second-order valence-electron chi connectivity index (χ2n) is 7.18. The van der Waals surface area contributed by atoms with Gasteiger partial charge in [-0.25, -0.2) is 0 Å². The van der Waals surface area contributed by atoms with Crippen molar-refractivity contribution in [2.45, 2.75) is 38.0 Å². The smallest absolute Gasteiger partial charge is 0.272 e. The third-order valence-electron chi connectivity index (χ3n) is 5.29. The fraction of sp³-hybridized carbons (Fsp3) is 0.400. The van der Waals surface area contributed by atoms with Crippen molar-refractivity contribution in [2.24, 2.45) is 0 Å². The van der Waals surface area contributed by atoms with Gasteiger partial charge in [-0.1, -0.05) is 18.9 Å². The average molecular weight is 401 g/mol. The van der Waals surface area contributed by atoms with Gasteiger partial charge in [0, 0.05) is 34.0 Å². The van der Waals surface area contributed by atoms with Gasteiger partial charge >= 0.3 is 0 Å². The molecular weight excluding hydrogens is 378 g/mol. The molecule has 2 N–H and O–H groups in total. The predicted octanol–water partition coefficient (Wildman–Crippen LogP) is 3.32. The van der Waals surface area contributed by atoms with Crippen LogP contribution in [-0.2, 0) is 10.2 Å². The number of carbonyl (C=O) groups is 2. The highest BCUT2D eigenvalue weighted by Crippen LogP contribution is 2.42. The van der Waals surface area contributed by atoms with E-state index in [1.165, 1.54) is 23.1 Å². The number of nitrogens with one attached hydrogen (secondary N) is 2. The molecule has 0 bridgehead atoms. The number of benzene rings is 1. The van der Waals surface area contributed by atoms with Crippen LogP contribution in [-0.4, -0.2) is 29.8 Å². The molecule has 0 saturated heterocycles. The number of hydrogen-bond donors (Lipinski definition) is 2. The van der Waals surface area contributed by atoms with Crippen molar-refractivity contribution >= 4 is 28.8 Å². The van der Waals surface area contributed by atoms with Crippen molar-refractivity contribution in [2.75, 3.05) is 13.1 Å². The summed E-state index contributed by atoms with van der Waals surface area (Å²) in [6.07, 6.45) is 4.43. The van der Waals surface area contributed by atoms with E-state index in [1.807, 2.05) is 6.07 Å². The maximum atomic E-state index is 12.2. The summed E-state index contributed by atoms with van der Waals surface area (Å²) in [4.78, 5) is 36.2. The van der Waals surface area contributed by atoms with Crippen LogP contribution in [0.4, 0.5) is 5.69 Å². The molecule has 3 rings (SSSR count). The van der Waals surface area contributed by atoms with Crippen molar-refractivity contribution in [3.63, 3.8) is 0 Å². The molecule has 1 fully saturated rings. The average Bonchev–Trinajstić information content (AvgIpc) is 3.36. The molecule has 0 unspecified atom stereocenters. The van der Waals surface area contributed by atoms with Gasteiger partial charge in [-0.05, 0) is 43.3 Å². The molecule has 0 atom stereocenters. The second kappa shape index (κ2) is 8.52. The first kappa shape index (κ1) is 20.0. The Hall–Kier alpha value is -2.74. The number of rotatable bonds is 7. The summed E-state index contributed by atoms with van der Waals surface area (Å²) in [6, 6.07) is 8.31. The van der Waals surface area contributed by atoms with E-state index in [0.717, 1.165) is 25.7 Å². The third-order valence-corrected chi connectivity index (χ3v) is 6.41. The first-order chi connectivity index (χ1) is 13.4. The first-order valence-electron chi connectivity index (χ1n) is 9.25. The SMILES string of the molecule is Cc1cc(C(=O)NCC(=O)NCC2(c3cccs3)CCCC2)ccc1[N+](=O)[O-]. The zero-order valence-corrected chi connectivity index (χ0v) is 16.5. The van der Waals surface area contributed by atoms with E-state index < -0.39 is 10.8 Å². The van der Waals surface area contributed by atoms with Crippen LogP contribution in [0.5, 0.6) is 0 Å². The minimum Gasteiger partial charge on any atom is -0.354 e. The summed E-state index contributed by atoms with van der Waals surface area (Å²) in [5.74, 6) is -0.670. The molecule has 2 amide bonds. The molecule has 148 valence electrons. The zero-order valence-electron chi connectivity index (χ0n) is 15.7. The van der Waals surface area contributed by atoms with Gasteiger partial charge in [-0.2, -0.15) is 0 Å². The van der Waals surface area contributed by atoms with Gasteiger partial charge in [-0.15, -0.1) is 11.3 Å². The van der Waals surface area contributed by atoms with Crippen LogP contribution in [0, 0.1) is 17.0 Å². The number of nitro benzene ring substituents is 1. The van der Waals surface area contributed by atoms with Crippen LogP contribution in [0.25, 0.3) is 0 Å². The highest BCUT2D eigenvalue weighted by atomic mass is 32.1. The standard InChI is InChI=1S/C20H23N3O4S/c1-14-11-15(6-7-16(14)23(26)27)19(25)21-12-18(24)22-13-20(8-2-3-9-20)17-5-4-10-28-17/h4-7,10-11H,2-3,8-9,12-13H2,1H3,(H,21,25)(H,22,24). The van der Waals surface area contributed by atoms with E-state index in [4.69, 9.17) is 0 Å². The molecule has 1 heterocycles. The summed E-state index contributed by atoms with van der Waals surface area (Å²) in [5.41, 5.74) is 0.663. The summed E-state index contributed by atoms with van der Waals surface area (Å²) < 4.78 is 0. The first-order valence-corrected chi connectivity index (χ1v) is 10.1. The second-order valence-corrected chi connectivity index (χ2v) is 8.13. The van der Waals surface area contributed by atoms with Gasteiger partial charge in [0.05, 0.1) is 11.5 Å². The molecular formula is C20H23N3O4S. The lowest BCUT2D eigenvalue weighted by molar-refractivity contribution is -0.385. The minimum absolute atomic E-state index is 0.00329. The number of carbonyl (C=O) groups excluding carboxylic acids is 2. The van der Waals surface area contributed by atoms with Crippen molar-refractivity contribution in [1.29, 1.82) is 0 Å². The van der Waals surface area contributed by atoms with Crippen molar-refractivity contribution in [3.8, 4) is 0 Å². The Morgan fingerprint density at radius 1 is 1.21 bits per heavy atom. The Kier molecular flexibility index (Phi) is 6.08. The number of nitro groups is 1. The summed E-state index contributed by atoms with van der Waals surface area (Å²) in [5, 5.41) is 18.5. The molecule has 1 aromatic heterocycles. The highest BCUT2D eigenvalue weighted by molar-refractivity contribution is 7.10. The Labute approximate surface area is 167 Å². The molecule has 2 aromatic rings. The minimum atomic E-state index is -0.489. The van der Waals surface area contributed by atoms with Gasteiger partial charge < -0.3 is 10.6 Å². The third kappa shape index (κ3) is 4.39.